The summed E-state index contributed by atoms with van der Waals surface area (Å²) in [4.78, 5) is 13.2. The minimum atomic E-state index is -3.37. The number of amides is 1. The van der Waals surface area contributed by atoms with Gasteiger partial charge in [-0.1, -0.05) is 17.7 Å². The molecule has 1 amide bonds. The maximum Gasteiger partial charge on any atom is 0.251 e. The van der Waals surface area contributed by atoms with E-state index in [9.17, 15) is 13.2 Å². The van der Waals surface area contributed by atoms with Crippen molar-refractivity contribution in [1.82, 2.24) is 5.32 Å². The number of hydrogen-bond donors (Lipinski definition) is 2. The van der Waals surface area contributed by atoms with Crippen LogP contribution in [0.25, 0.3) is 0 Å². The third kappa shape index (κ3) is 6.43. The van der Waals surface area contributed by atoms with E-state index in [2.05, 4.69) is 10.0 Å². The molecule has 2 rings (SSSR count). The van der Waals surface area contributed by atoms with Crippen molar-refractivity contribution in [1.29, 1.82) is 0 Å². The molecule has 2 aromatic rings. The lowest BCUT2D eigenvalue weighted by Gasteiger charge is -2.08. The molecule has 0 aromatic heterocycles. The largest absolute Gasteiger partial charge is 0.351 e. The molecule has 2 aromatic carbocycles. The number of carbonyl (C=O) groups is 1. The first-order valence-electron chi connectivity index (χ1n) is 7.08. The molecule has 0 spiro atoms. The van der Waals surface area contributed by atoms with E-state index in [0.717, 1.165) is 11.2 Å². The molecule has 0 saturated heterocycles. The van der Waals surface area contributed by atoms with Crippen LogP contribution in [0.4, 0.5) is 5.69 Å². The lowest BCUT2D eigenvalue weighted by Crippen LogP contribution is -2.25. The van der Waals surface area contributed by atoms with Gasteiger partial charge in [0.25, 0.3) is 5.91 Å². The fourth-order valence-electron chi connectivity index (χ4n) is 1.90. The highest BCUT2D eigenvalue weighted by molar-refractivity contribution is 7.99. The van der Waals surface area contributed by atoms with E-state index >= 15 is 0 Å². The Balaban J connectivity index is 1.84. The molecule has 2 N–H and O–H groups in total. The summed E-state index contributed by atoms with van der Waals surface area (Å²) in [5.74, 6) is 0.470. The molecule has 0 aliphatic rings. The summed E-state index contributed by atoms with van der Waals surface area (Å²) in [6, 6.07) is 13.9. The molecule has 0 aliphatic heterocycles. The molecule has 0 unspecified atom stereocenters. The lowest BCUT2D eigenvalue weighted by molar-refractivity contribution is 0.0956. The summed E-state index contributed by atoms with van der Waals surface area (Å²) in [6.45, 7) is 0.496. The quantitative estimate of drug-likeness (QED) is 0.567. The van der Waals surface area contributed by atoms with Crippen LogP contribution in [0.15, 0.2) is 53.4 Å². The number of benzene rings is 2. The fraction of sp³-hybridized carbons (Fsp3) is 0.188. The Morgan fingerprint density at radius 1 is 1.17 bits per heavy atom. The molecule has 0 heterocycles. The molecule has 5 nitrogen and oxygen atoms in total. The number of halogens is 1. The van der Waals surface area contributed by atoms with Gasteiger partial charge < -0.3 is 5.32 Å². The van der Waals surface area contributed by atoms with Gasteiger partial charge in [0, 0.05) is 33.5 Å². The van der Waals surface area contributed by atoms with Gasteiger partial charge in [0.05, 0.1) is 6.26 Å². The van der Waals surface area contributed by atoms with Gasteiger partial charge in [0.15, 0.2) is 0 Å². The van der Waals surface area contributed by atoms with Crippen molar-refractivity contribution in [2.45, 2.75) is 4.90 Å². The number of anilines is 1. The van der Waals surface area contributed by atoms with Crippen molar-refractivity contribution in [3.05, 3.63) is 59.1 Å². The first-order chi connectivity index (χ1) is 11.3. The standard InChI is InChI=1S/C16H17ClN2O3S2/c1-24(21,22)19-14-4-2-3-12(11-14)16(20)18-9-10-23-15-7-5-13(17)6-8-15/h2-8,11,19H,9-10H2,1H3,(H,18,20). The van der Waals surface area contributed by atoms with Crippen LogP contribution in [-0.4, -0.2) is 32.9 Å². The fourth-order valence-corrected chi connectivity index (χ4v) is 3.35. The average Bonchev–Trinajstić information content (AvgIpc) is 2.51. The van der Waals surface area contributed by atoms with Crippen LogP contribution in [0.1, 0.15) is 10.4 Å². The molecule has 8 heteroatoms. The molecule has 24 heavy (non-hydrogen) atoms. The van der Waals surface area contributed by atoms with Crippen LogP contribution in [0, 0.1) is 0 Å². The highest BCUT2D eigenvalue weighted by atomic mass is 35.5. The van der Waals surface area contributed by atoms with E-state index in [0.29, 0.717) is 28.6 Å². The van der Waals surface area contributed by atoms with Gasteiger partial charge in [0.1, 0.15) is 0 Å². The Bertz CT molecular complexity index is 808. The number of hydrogen-bond acceptors (Lipinski definition) is 4. The topological polar surface area (TPSA) is 75.3 Å². The van der Waals surface area contributed by atoms with Gasteiger partial charge >= 0.3 is 0 Å². The molecule has 0 aliphatic carbocycles. The predicted molar refractivity (Wildman–Crippen MR) is 99.4 cm³/mol. The maximum atomic E-state index is 12.1. The zero-order chi connectivity index (χ0) is 17.6. The van der Waals surface area contributed by atoms with Crippen LogP contribution in [0.3, 0.4) is 0 Å². The Morgan fingerprint density at radius 3 is 2.54 bits per heavy atom. The van der Waals surface area contributed by atoms with Gasteiger partial charge in [-0.3, -0.25) is 9.52 Å². The van der Waals surface area contributed by atoms with Crippen LogP contribution in [-0.2, 0) is 10.0 Å². The molecule has 0 fully saturated rings. The minimum Gasteiger partial charge on any atom is -0.351 e. The van der Waals surface area contributed by atoms with E-state index in [4.69, 9.17) is 11.6 Å². The molecular formula is C16H17ClN2O3S2. The van der Waals surface area contributed by atoms with Gasteiger partial charge in [-0.15, -0.1) is 11.8 Å². The van der Waals surface area contributed by atoms with Crippen LogP contribution in [0.2, 0.25) is 5.02 Å². The lowest BCUT2D eigenvalue weighted by atomic mass is 10.2. The van der Waals surface area contributed by atoms with Crippen LogP contribution in [0.5, 0.6) is 0 Å². The highest BCUT2D eigenvalue weighted by Crippen LogP contribution is 2.19. The van der Waals surface area contributed by atoms with Crippen molar-refractivity contribution < 1.29 is 13.2 Å². The maximum absolute atomic E-state index is 12.1. The van der Waals surface area contributed by atoms with E-state index in [1.807, 2.05) is 24.3 Å². The second kappa shape index (κ2) is 8.41. The Morgan fingerprint density at radius 2 is 1.88 bits per heavy atom. The monoisotopic (exact) mass is 384 g/mol. The van der Waals surface area contributed by atoms with E-state index in [-0.39, 0.29) is 5.91 Å². The number of nitrogens with one attached hydrogen (secondary N) is 2. The molecule has 0 atom stereocenters. The molecule has 0 radical (unpaired) electrons. The average molecular weight is 385 g/mol. The van der Waals surface area contributed by atoms with Crippen molar-refractivity contribution in [3.63, 3.8) is 0 Å². The zero-order valence-corrected chi connectivity index (χ0v) is 15.3. The Hall–Kier alpha value is -1.70. The van der Waals surface area contributed by atoms with Crippen LogP contribution < -0.4 is 10.0 Å². The first-order valence-corrected chi connectivity index (χ1v) is 10.3. The SMILES string of the molecule is CS(=O)(=O)Nc1cccc(C(=O)NCCSc2ccc(Cl)cc2)c1. The second-order valence-corrected chi connectivity index (χ2v) is 8.37. The first kappa shape index (κ1) is 18.6. The minimum absolute atomic E-state index is 0.246. The van der Waals surface area contributed by atoms with Gasteiger partial charge in [-0.25, -0.2) is 8.42 Å². The van der Waals surface area contributed by atoms with Gasteiger partial charge in [-0.05, 0) is 42.5 Å². The smallest absolute Gasteiger partial charge is 0.251 e. The summed E-state index contributed by atoms with van der Waals surface area (Å²) in [5, 5.41) is 3.50. The summed E-state index contributed by atoms with van der Waals surface area (Å²) in [6.07, 6.45) is 1.06. The second-order valence-electron chi connectivity index (χ2n) is 5.01. The number of carbonyl (C=O) groups excluding carboxylic acids is 1. The Kier molecular flexibility index (Phi) is 6.53. The van der Waals surface area contributed by atoms with Crippen molar-refractivity contribution in [2.24, 2.45) is 0 Å². The third-order valence-corrected chi connectivity index (χ3v) is 4.77. The van der Waals surface area contributed by atoms with Gasteiger partial charge in [0.2, 0.25) is 10.0 Å². The summed E-state index contributed by atoms with van der Waals surface area (Å²) >= 11 is 7.44. The van der Waals surface area contributed by atoms with Crippen molar-refractivity contribution in [2.75, 3.05) is 23.3 Å². The van der Waals surface area contributed by atoms with Crippen molar-refractivity contribution in [3.8, 4) is 0 Å². The summed E-state index contributed by atoms with van der Waals surface area (Å²) < 4.78 is 24.8. The normalized spacial score (nSPS) is 11.1. The zero-order valence-electron chi connectivity index (χ0n) is 13.0. The number of thioether (sulfide) groups is 1. The van der Waals surface area contributed by atoms with Gasteiger partial charge in [-0.2, -0.15) is 0 Å². The predicted octanol–water partition coefficient (Wildman–Crippen LogP) is 3.23. The summed E-state index contributed by atoms with van der Waals surface area (Å²) in [5.41, 5.74) is 0.765. The molecule has 128 valence electrons. The van der Waals surface area contributed by atoms with Crippen molar-refractivity contribution >= 4 is 45.0 Å². The number of sulfonamides is 1. The van der Waals surface area contributed by atoms with E-state index < -0.39 is 10.0 Å². The van der Waals surface area contributed by atoms with E-state index in [1.54, 1.807) is 30.0 Å². The summed E-state index contributed by atoms with van der Waals surface area (Å²) in [7, 11) is -3.37. The van der Waals surface area contributed by atoms with E-state index in [1.165, 1.54) is 6.07 Å². The Labute approximate surface area is 150 Å². The third-order valence-electron chi connectivity index (χ3n) is 2.90. The molecular weight excluding hydrogens is 368 g/mol. The van der Waals surface area contributed by atoms with Crippen LogP contribution >= 0.6 is 23.4 Å². The molecule has 0 saturated carbocycles. The highest BCUT2D eigenvalue weighted by Gasteiger charge is 2.08. The molecule has 0 bridgehead atoms. The number of rotatable bonds is 7.